The Kier molecular flexibility index (Phi) is 6.94. The molecule has 31 heavy (non-hydrogen) atoms. The van der Waals surface area contributed by atoms with Crippen LogP contribution in [0.3, 0.4) is 0 Å². The van der Waals surface area contributed by atoms with E-state index in [2.05, 4.69) is 15.5 Å². The summed E-state index contributed by atoms with van der Waals surface area (Å²) in [5.41, 5.74) is 1.56. The normalized spacial score (nSPS) is 13.1. The van der Waals surface area contributed by atoms with Crippen molar-refractivity contribution in [2.45, 2.75) is 33.4 Å². The highest BCUT2D eigenvalue weighted by Gasteiger charge is 2.21. The molecule has 0 spiro atoms. The molecule has 9 heteroatoms. The fourth-order valence-corrected chi connectivity index (χ4v) is 3.25. The number of carbonyl (C=O) groups excluding carboxylic acids is 1. The van der Waals surface area contributed by atoms with Gasteiger partial charge in [0.15, 0.2) is 12.4 Å². The molecule has 3 aromatic rings. The van der Waals surface area contributed by atoms with Crippen LogP contribution in [0.5, 0.6) is 0 Å². The van der Waals surface area contributed by atoms with E-state index in [-0.39, 0.29) is 34.8 Å². The van der Waals surface area contributed by atoms with Gasteiger partial charge in [-0.15, -0.1) is 0 Å². The molecule has 1 heterocycles. The highest BCUT2D eigenvalue weighted by molar-refractivity contribution is 5.98. The average Bonchev–Trinajstić information content (AvgIpc) is 3.12. The van der Waals surface area contributed by atoms with Gasteiger partial charge in [0.1, 0.15) is 11.5 Å². The number of rotatable bonds is 8. The molecule has 3 rings (SSSR count). The van der Waals surface area contributed by atoms with Crippen LogP contribution >= 0.6 is 0 Å². The monoisotopic (exact) mass is 432 g/mol. The Morgan fingerprint density at radius 1 is 1.16 bits per heavy atom. The van der Waals surface area contributed by atoms with E-state index >= 15 is 0 Å². The van der Waals surface area contributed by atoms with Crippen molar-refractivity contribution in [2.24, 2.45) is 11.1 Å². The van der Waals surface area contributed by atoms with Crippen molar-refractivity contribution in [3.05, 3.63) is 65.7 Å². The molecule has 0 saturated heterocycles. The Bertz CT molecular complexity index is 1080. The van der Waals surface area contributed by atoms with E-state index in [1.54, 1.807) is 36.4 Å². The van der Waals surface area contributed by atoms with E-state index in [4.69, 9.17) is 4.84 Å². The average molecular weight is 432 g/mol. The zero-order valence-corrected chi connectivity index (χ0v) is 17.3. The first-order chi connectivity index (χ1) is 14.8. The Labute approximate surface area is 177 Å². The second-order valence-corrected chi connectivity index (χ2v) is 7.36. The van der Waals surface area contributed by atoms with Crippen molar-refractivity contribution >= 4 is 22.7 Å². The van der Waals surface area contributed by atoms with Crippen LogP contribution in [0, 0.1) is 11.7 Å². The summed E-state index contributed by atoms with van der Waals surface area (Å²) in [5, 5.41) is 6.62. The maximum absolute atomic E-state index is 13.5. The zero-order valence-electron chi connectivity index (χ0n) is 17.3. The summed E-state index contributed by atoms with van der Waals surface area (Å²) < 4.78 is 41.0. The number of hydrogen-bond acceptors (Lipinski definition) is 4. The minimum Gasteiger partial charge on any atom is -0.385 e. The fourth-order valence-electron chi connectivity index (χ4n) is 3.25. The third-order valence-electron chi connectivity index (χ3n) is 4.72. The molecule has 1 N–H and O–H groups in total. The lowest BCUT2D eigenvalue weighted by atomic mass is 9.96. The molecule has 0 bridgehead atoms. The molecule has 2 aromatic carbocycles. The number of halogens is 3. The maximum Gasteiger partial charge on any atom is 0.320 e. The first-order valence-electron chi connectivity index (χ1n) is 9.74. The van der Waals surface area contributed by atoms with Crippen molar-refractivity contribution < 1.29 is 22.8 Å². The molecule has 0 aliphatic heterocycles. The number of fused-ring (bicyclic) bond motifs is 1. The fraction of sp³-hybridized carbons (Fsp3) is 0.318. The van der Waals surface area contributed by atoms with Gasteiger partial charge in [0.05, 0.1) is 17.1 Å². The van der Waals surface area contributed by atoms with Crippen LogP contribution in [-0.4, -0.2) is 27.8 Å². The summed E-state index contributed by atoms with van der Waals surface area (Å²) in [7, 11) is 0. The van der Waals surface area contributed by atoms with Gasteiger partial charge in [-0.2, -0.15) is 8.78 Å². The molecule has 0 saturated carbocycles. The number of nitrogens with one attached hydrogen (secondary N) is 1. The lowest BCUT2D eigenvalue weighted by molar-refractivity contribution is -0.126. The Balaban J connectivity index is 1.68. The third-order valence-corrected chi connectivity index (χ3v) is 4.72. The second kappa shape index (κ2) is 9.63. The van der Waals surface area contributed by atoms with Crippen molar-refractivity contribution in [2.75, 3.05) is 6.61 Å². The number of amides is 1. The minimum atomic E-state index is -2.81. The van der Waals surface area contributed by atoms with Gasteiger partial charge in [0.2, 0.25) is 0 Å². The van der Waals surface area contributed by atoms with Gasteiger partial charge in [-0.3, -0.25) is 9.36 Å². The number of hydrogen-bond donors (Lipinski definition) is 1. The summed E-state index contributed by atoms with van der Waals surface area (Å²) >= 11 is 0. The summed E-state index contributed by atoms with van der Waals surface area (Å²) in [6, 6.07) is 12.1. The second-order valence-electron chi connectivity index (χ2n) is 7.36. The van der Waals surface area contributed by atoms with E-state index in [0.717, 1.165) is 10.1 Å². The van der Waals surface area contributed by atoms with E-state index in [1.165, 1.54) is 19.1 Å². The first-order valence-corrected chi connectivity index (χ1v) is 9.74. The predicted molar refractivity (Wildman–Crippen MR) is 111 cm³/mol. The molecule has 1 unspecified atom stereocenters. The predicted octanol–water partition coefficient (Wildman–Crippen LogP) is 4.82. The van der Waals surface area contributed by atoms with Gasteiger partial charge in [-0.1, -0.05) is 43.3 Å². The SMILES string of the molecule is C/C(=N/OCC(=O)NC(c1ccc(F)cc1)C(C)C)c1nc2ccccc2n1C(F)F. The van der Waals surface area contributed by atoms with E-state index in [9.17, 15) is 18.0 Å². The Morgan fingerprint density at radius 3 is 2.48 bits per heavy atom. The van der Waals surface area contributed by atoms with Crippen LogP contribution in [0.15, 0.2) is 53.7 Å². The van der Waals surface area contributed by atoms with Crippen molar-refractivity contribution in [3.63, 3.8) is 0 Å². The van der Waals surface area contributed by atoms with Crippen molar-refractivity contribution in [1.29, 1.82) is 0 Å². The number of imidazole rings is 1. The number of para-hydroxylation sites is 2. The number of nitrogens with zero attached hydrogens (tertiary/aromatic N) is 3. The molecule has 0 fully saturated rings. The minimum absolute atomic E-state index is 0.0389. The summed E-state index contributed by atoms with van der Waals surface area (Å²) in [6.45, 7) is 2.11. The number of oxime groups is 1. The number of carbonyl (C=O) groups is 1. The van der Waals surface area contributed by atoms with Gasteiger partial charge in [0, 0.05) is 0 Å². The molecule has 6 nitrogen and oxygen atoms in total. The molecule has 1 aromatic heterocycles. The van der Waals surface area contributed by atoms with Crippen LogP contribution in [0.1, 0.15) is 44.8 Å². The molecule has 1 amide bonds. The van der Waals surface area contributed by atoms with Crippen LogP contribution < -0.4 is 5.32 Å². The van der Waals surface area contributed by atoms with Gasteiger partial charge in [0.25, 0.3) is 5.91 Å². The Hall–Kier alpha value is -3.36. The number of alkyl halides is 2. The number of benzene rings is 2. The molecule has 164 valence electrons. The molecular weight excluding hydrogens is 409 g/mol. The lowest BCUT2D eigenvalue weighted by Crippen LogP contribution is -2.34. The van der Waals surface area contributed by atoms with Gasteiger partial charge >= 0.3 is 6.55 Å². The standard InChI is InChI=1S/C22H23F3N4O2/c1-13(2)20(15-8-10-16(23)11-9-15)27-19(30)12-31-28-14(3)21-26-17-6-4-5-7-18(17)29(21)22(24)25/h4-11,13,20,22H,12H2,1-3H3,(H,27,30)/b28-14-. The van der Waals surface area contributed by atoms with E-state index < -0.39 is 19.1 Å². The number of aromatic nitrogens is 2. The Morgan fingerprint density at radius 2 is 1.84 bits per heavy atom. The maximum atomic E-state index is 13.5. The summed E-state index contributed by atoms with van der Waals surface area (Å²) in [4.78, 5) is 21.6. The van der Waals surface area contributed by atoms with Crippen molar-refractivity contribution in [1.82, 2.24) is 14.9 Å². The van der Waals surface area contributed by atoms with Gasteiger partial charge in [-0.25, -0.2) is 9.37 Å². The first kappa shape index (κ1) is 22.3. The summed E-state index contributed by atoms with van der Waals surface area (Å²) in [5.74, 6) is -0.795. The largest absolute Gasteiger partial charge is 0.385 e. The highest BCUT2D eigenvalue weighted by Crippen LogP contribution is 2.24. The van der Waals surface area contributed by atoms with Gasteiger partial charge in [-0.05, 0) is 42.7 Å². The smallest absolute Gasteiger partial charge is 0.320 e. The van der Waals surface area contributed by atoms with Crippen LogP contribution in [0.2, 0.25) is 0 Å². The quantitative estimate of drug-likeness (QED) is 0.410. The molecule has 0 radical (unpaired) electrons. The summed E-state index contributed by atoms with van der Waals surface area (Å²) in [6.07, 6.45) is 0. The lowest BCUT2D eigenvalue weighted by Gasteiger charge is -2.22. The topological polar surface area (TPSA) is 68.5 Å². The van der Waals surface area contributed by atoms with E-state index in [1.807, 2.05) is 13.8 Å². The van der Waals surface area contributed by atoms with Crippen molar-refractivity contribution in [3.8, 4) is 0 Å². The third kappa shape index (κ3) is 5.22. The zero-order chi connectivity index (χ0) is 22.5. The van der Waals surface area contributed by atoms with Crippen LogP contribution in [0.25, 0.3) is 11.0 Å². The van der Waals surface area contributed by atoms with Crippen LogP contribution in [0.4, 0.5) is 13.2 Å². The molecule has 0 aliphatic carbocycles. The highest BCUT2D eigenvalue weighted by atomic mass is 19.3. The molecule has 1 atom stereocenters. The van der Waals surface area contributed by atoms with Gasteiger partial charge < -0.3 is 10.2 Å². The van der Waals surface area contributed by atoms with Crippen LogP contribution in [-0.2, 0) is 9.63 Å². The molecule has 0 aliphatic rings. The van der Waals surface area contributed by atoms with E-state index in [0.29, 0.717) is 5.52 Å². The molecular formula is C22H23F3N4O2.